The lowest BCUT2D eigenvalue weighted by molar-refractivity contribution is 0.642. The molecule has 22 aromatic rings. The van der Waals surface area contributed by atoms with E-state index in [0.29, 0.717) is 6.04 Å². The van der Waals surface area contributed by atoms with Gasteiger partial charge in [-0.15, -0.1) is 0 Å². The Hall–Kier alpha value is -13.7. The maximum atomic E-state index is 3.41. The topological polar surface area (TPSA) is 62.2 Å². The van der Waals surface area contributed by atoms with Gasteiger partial charge in [0.05, 0.1) is 16.4 Å². The van der Waals surface area contributed by atoms with E-state index in [1.54, 1.807) is 0 Å². The van der Waals surface area contributed by atoms with Crippen molar-refractivity contribution in [2.45, 2.75) is 128 Å². The van der Waals surface area contributed by atoms with Crippen LogP contribution in [0.3, 0.4) is 0 Å². The fourth-order valence-electron chi connectivity index (χ4n) is 17.8. The molecule has 608 valence electrons. The van der Waals surface area contributed by atoms with Crippen LogP contribution in [0, 0.1) is 41.5 Å². The van der Waals surface area contributed by atoms with Gasteiger partial charge in [0.2, 0.25) is 0 Å². The molecule has 0 fully saturated rings. The highest BCUT2D eigenvalue weighted by atomic mass is 15.0. The first kappa shape index (κ1) is 83.4. The highest BCUT2D eigenvalue weighted by Gasteiger charge is 2.46. The largest absolute Gasteiger partial charge is 0.355 e. The molecular weight excluding hydrogens is 1480 g/mol. The molecule has 0 aliphatic heterocycles. The third-order valence-electron chi connectivity index (χ3n) is 23.5. The Morgan fingerprint density at radius 2 is 0.541 bits per heavy atom. The van der Waals surface area contributed by atoms with E-state index in [9.17, 15) is 0 Å². The van der Waals surface area contributed by atoms with Crippen LogP contribution in [0.5, 0.6) is 0 Å². The SMILES string of the molecule is CC.CCC.CCCC.Cc1ccc2[nH]c3ccccc3c2c1.Cc1ccc2[nH]c3ccccc3c2c1.Cc1ccc2[nH]c3ccccc3c2c1.Cc1ccc2c(c1)c1ccccc1n2-c1ccc(C2(c3ccccc3)c3ccccc3-c3ccccc32)cc1.Cc1ccc2c(c1)c1ccccc1n2C.Cc1ccc2c(c1)c1ccccc1n2C(C)C. The number of fused-ring (bicyclic) bond motifs is 21. The number of hydrogen-bond donors (Lipinski definition) is 3. The van der Waals surface area contributed by atoms with E-state index in [-0.39, 0.29) is 5.41 Å². The minimum absolute atomic E-state index is 0.370. The zero-order chi connectivity index (χ0) is 85.1. The lowest BCUT2D eigenvalue weighted by Crippen LogP contribution is -2.28. The van der Waals surface area contributed by atoms with Crippen LogP contribution in [0.25, 0.3) is 148 Å². The summed E-state index contributed by atoms with van der Waals surface area (Å²) < 4.78 is 7.08. The molecule has 0 bridgehead atoms. The second kappa shape index (κ2) is 37.3. The molecule has 1 aliphatic carbocycles. The number of nitrogens with one attached hydrogen (secondary N) is 3. The van der Waals surface area contributed by atoms with E-state index in [2.05, 4.69) is 477 Å². The summed E-state index contributed by atoms with van der Waals surface area (Å²) in [6.07, 6.45) is 3.89. The summed E-state index contributed by atoms with van der Waals surface area (Å²) >= 11 is 0. The van der Waals surface area contributed by atoms with Gasteiger partial charge in [0.25, 0.3) is 0 Å². The van der Waals surface area contributed by atoms with Crippen molar-refractivity contribution in [3.8, 4) is 16.8 Å². The molecule has 0 amide bonds. The number of para-hydroxylation sites is 6. The number of aromatic amines is 3. The van der Waals surface area contributed by atoms with Gasteiger partial charge in [0, 0.05) is 139 Å². The molecule has 6 aromatic heterocycles. The molecule has 0 saturated carbocycles. The number of aromatic nitrogens is 6. The Morgan fingerprint density at radius 3 is 0.975 bits per heavy atom. The van der Waals surface area contributed by atoms with Crippen LogP contribution in [-0.2, 0) is 12.5 Å². The van der Waals surface area contributed by atoms with Crippen molar-refractivity contribution in [3.05, 3.63) is 414 Å². The summed E-state index contributed by atoms with van der Waals surface area (Å²) in [5.41, 5.74) is 31.6. The average molecular weight is 1590 g/mol. The van der Waals surface area contributed by atoms with Gasteiger partial charge in [-0.1, -0.05) is 331 Å². The molecular formula is C116H114N6. The zero-order valence-electron chi connectivity index (χ0n) is 73.6. The zero-order valence-corrected chi connectivity index (χ0v) is 73.6. The summed E-state index contributed by atoms with van der Waals surface area (Å²) in [7, 11) is 2.12. The quantitative estimate of drug-likeness (QED) is 0.154. The van der Waals surface area contributed by atoms with Gasteiger partial charge in [-0.3, -0.25) is 0 Å². The first-order valence-corrected chi connectivity index (χ1v) is 43.8. The summed E-state index contributed by atoms with van der Waals surface area (Å²) in [4.78, 5) is 10.2. The Morgan fingerprint density at radius 1 is 0.262 bits per heavy atom. The predicted molar refractivity (Wildman–Crippen MR) is 532 cm³/mol. The van der Waals surface area contributed by atoms with Gasteiger partial charge in [0.15, 0.2) is 0 Å². The smallest absolute Gasteiger partial charge is 0.0713 e. The molecule has 0 spiro atoms. The van der Waals surface area contributed by atoms with Crippen molar-refractivity contribution in [2.24, 2.45) is 7.05 Å². The van der Waals surface area contributed by atoms with Crippen LogP contribution in [0.2, 0.25) is 0 Å². The third kappa shape index (κ3) is 16.5. The number of unbranched alkanes of at least 4 members (excludes halogenated alkanes) is 1. The highest BCUT2D eigenvalue weighted by Crippen LogP contribution is 2.56. The normalized spacial score (nSPS) is 11.6. The van der Waals surface area contributed by atoms with E-state index in [1.807, 2.05) is 13.8 Å². The summed E-state index contributed by atoms with van der Waals surface area (Å²) in [5, 5.41) is 15.9. The molecule has 6 heterocycles. The maximum absolute atomic E-state index is 3.41. The van der Waals surface area contributed by atoms with Crippen molar-refractivity contribution in [1.29, 1.82) is 0 Å². The molecule has 0 unspecified atom stereocenters. The molecule has 0 radical (unpaired) electrons. The van der Waals surface area contributed by atoms with Gasteiger partial charge in [-0.05, 0) is 210 Å². The summed E-state index contributed by atoms with van der Waals surface area (Å²) in [5.74, 6) is 0. The molecule has 6 heteroatoms. The first-order valence-electron chi connectivity index (χ1n) is 43.8. The molecule has 3 N–H and O–H groups in total. The van der Waals surface area contributed by atoms with Gasteiger partial charge in [-0.25, -0.2) is 0 Å². The van der Waals surface area contributed by atoms with E-state index < -0.39 is 0 Å². The number of aryl methyl sites for hydroxylation is 7. The van der Waals surface area contributed by atoms with Crippen molar-refractivity contribution in [2.75, 3.05) is 0 Å². The number of nitrogens with zero attached hydrogens (tertiary/aromatic N) is 3. The van der Waals surface area contributed by atoms with Gasteiger partial charge in [0.1, 0.15) is 0 Å². The fraction of sp³-hybridized carbons (Fsp3) is 0.172. The minimum Gasteiger partial charge on any atom is -0.355 e. The Bertz CT molecular complexity index is 7060. The Balaban J connectivity index is 0.000000118. The lowest BCUT2D eigenvalue weighted by Gasteiger charge is -2.34. The van der Waals surface area contributed by atoms with E-state index in [4.69, 9.17) is 0 Å². The van der Waals surface area contributed by atoms with Crippen LogP contribution in [-0.4, -0.2) is 28.7 Å². The standard InChI is InChI=1S/C38H27N.C16H17N.C14H13N.3C13H11N.C4H10.C3H8.C2H6/c1-26-19-24-37-33(25-26)32-15-7-10-18-36(32)39(37)29-22-20-28(21-23-29)38(27-11-3-2-4-12-27)34-16-8-5-13-30(34)31-14-6-9-17-35(31)38;1-11(2)17-15-7-5-4-6-13(15)14-10-12(3)8-9-16(14)17;1-10-7-8-14-12(9-10)11-5-3-4-6-13(11)15(14)2;3*1-9-6-7-13-11(8-9)10-4-2-3-5-12(10)14-13;1-3-4-2;1-3-2;1-2/h2-25H,1H3;4-11H,1-3H3;3-9H,1-2H3;3*2-8,14H,1H3;3-4H2,1-2H3;3H2,1-2H3;1-2H3. The van der Waals surface area contributed by atoms with Crippen LogP contribution in [0.15, 0.2) is 358 Å². The molecule has 23 rings (SSSR count). The monoisotopic (exact) mass is 1590 g/mol. The molecule has 6 nitrogen and oxygen atoms in total. The average Bonchev–Trinajstić information content (AvgIpc) is 1.53. The van der Waals surface area contributed by atoms with Gasteiger partial charge >= 0.3 is 0 Å². The molecule has 122 heavy (non-hydrogen) atoms. The maximum Gasteiger partial charge on any atom is 0.0713 e. The number of rotatable bonds is 5. The van der Waals surface area contributed by atoms with E-state index in [0.717, 1.165) is 0 Å². The van der Waals surface area contributed by atoms with Crippen molar-refractivity contribution >= 4 is 131 Å². The molecule has 0 atom stereocenters. The second-order valence-electron chi connectivity index (χ2n) is 32.6. The minimum atomic E-state index is -0.370. The van der Waals surface area contributed by atoms with E-state index in [1.165, 1.54) is 223 Å². The fourth-order valence-corrected chi connectivity index (χ4v) is 17.8. The van der Waals surface area contributed by atoms with Crippen LogP contribution in [0.4, 0.5) is 0 Å². The Kier molecular flexibility index (Phi) is 25.5. The molecule has 16 aromatic carbocycles. The van der Waals surface area contributed by atoms with Crippen molar-refractivity contribution in [1.82, 2.24) is 28.7 Å². The lowest BCUT2D eigenvalue weighted by atomic mass is 9.68. The predicted octanol–water partition coefficient (Wildman–Crippen LogP) is 32.9. The van der Waals surface area contributed by atoms with Crippen molar-refractivity contribution < 1.29 is 0 Å². The summed E-state index contributed by atoms with van der Waals surface area (Å²) in [6.45, 7) is 29.9. The van der Waals surface area contributed by atoms with E-state index >= 15 is 0 Å². The van der Waals surface area contributed by atoms with Gasteiger partial charge < -0.3 is 28.7 Å². The van der Waals surface area contributed by atoms with Crippen molar-refractivity contribution in [3.63, 3.8) is 0 Å². The van der Waals surface area contributed by atoms with Crippen LogP contribution < -0.4 is 0 Å². The number of benzene rings is 16. The highest BCUT2D eigenvalue weighted by molar-refractivity contribution is 6.13. The van der Waals surface area contributed by atoms with Crippen LogP contribution >= 0.6 is 0 Å². The Labute approximate surface area is 719 Å². The second-order valence-corrected chi connectivity index (χ2v) is 32.6. The number of hydrogen-bond acceptors (Lipinski definition) is 0. The third-order valence-corrected chi connectivity index (χ3v) is 23.5. The molecule has 0 saturated heterocycles. The number of H-pyrrole nitrogens is 3. The van der Waals surface area contributed by atoms with Gasteiger partial charge in [-0.2, -0.15) is 0 Å². The molecule has 1 aliphatic rings. The van der Waals surface area contributed by atoms with Crippen LogP contribution in [0.1, 0.15) is 136 Å². The first-order chi connectivity index (χ1) is 59.6. The summed E-state index contributed by atoms with van der Waals surface area (Å²) in [6, 6.07) is 129.